The van der Waals surface area contributed by atoms with Crippen LogP contribution in [0.2, 0.25) is 0 Å². The number of likely N-dealkylation sites (tertiary alicyclic amines) is 1. The maximum Gasteiger partial charge on any atom is 0.261 e. The highest BCUT2D eigenvalue weighted by atomic mass is 32.2. The van der Waals surface area contributed by atoms with Crippen LogP contribution in [0.5, 0.6) is 0 Å². The number of hydrogen-bond acceptors (Lipinski definition) is 4. The molecule has 1 saturated heterocycles. The van der Waals surface area contributed by atoms with E-state index < -0.39 is 16.1 Å². The number of fused-ring (bicyclic) bond motifs is 1. The van der Waals surface area contributed by atoms with Crippen molar-refractivity contribution in [3.8, 4) is 0 Å². The van der Waals surface area contributed by atoms with Crippen molar-refractivity contribution in [1.29, 1.82) is 0 Å². The van der Waals surface area contributed by atoms with E-state index in [9.17, 15) is 18.0 Å². The van der Waals surface area contributed by atoms with Crippen LogP contribution in [0.4, 0.5) is 5.69 Å². The van der Waals surface area contributed by atoms with Gasteiger partial charge in [-0.1, -0.05) is 19.9 Å². The molecule has 0 aromatic heterocycles. The Balaban J connectivity index is 1.41. The number of aryl methyl sites for hydroxylation is 2. The normalized spacial score (nSPS) is 17.8. The van der Waals surface area contributed by atoms with Crippen LogP contribution in [-0.4, -0.2) is 44.3 Å². The topological polar surface area (TPSA) is 95.6 Å². The van der Waals surface area contributed by atoms with Gasteiger partial charge < -0.3 is 10.2 Å². The third-order valence-electron chi connectivity index (χ3n) is 6.85. The molecule has 35 heavy (non-hydrogen) atoms. The molecule has 1 atom stereocenters. The van der Waals surface area contributed by atoms with Crippen LogP contribution in [0.1, 0.15) is 67.4 Å². The van der Waals surface area contributed by atoms with E-state index >= 15 is 0 Å². The number of sulfonamides is 1. The molecule has 0 radical (unpaired) electrons. The van der Waals surface area contributed by atoms with Gasteiger partial charge in [-0.2, -0.15) is 0 Å². The summed E-state index contributed by atoms with van der Waals surface area (Å²) >= 11 is 0. The zero-order valence-electron chi connectivity index (χ0n) is 20.5. The van der Waals surface area contributed by atoms with E-state index in [2.05, 4.69) is 23.9 Å². The molecule has 1 heterocycles. The molecule has 1 aliphatic heterocycles. The molecule has 2 amide bonds. The maximum atomic E-state index is 13.1. The molecule has 7 nitrogen and oxygen atoms in total. The summed E-state index contributed by atoms with van der Waals surface area (Å²) in [5, 5.41) is 2.95. The van der Waals surface area contributed by atoms with Gasteiger partial charge in [0.1, 0.15) is 6.04 Å². The summed E-state index contributed by atoms with van der Waals surface area (Å²) in [6, 6.07) is 11.3. The fourth-order valence-corrected chi connectivity index (χ4v) is 5.93. The summed E-state index contributed by atoms with van der Waals surface area (Å²) in [4.78, 5) is 27.6. The molecular formula is C27H35N3O4S. The number of rotatable bonds is 8. The Bertz CT molecular complexity index is 1180. The summed E-state index contributed by atoms with van der Waals surface area (Å²) in [5.74, 6) is 0.182. The number of carbonyl (C=O) groups excluding carboxylic acids is 2. The number of nitrogens with one attached hydrogen (secondary N) is 2. The number of nitrogens with zero attached hydrogens (tertiary/aromatic N) is 1. The molecule has 1 unspecified atom stereocenters. The number of anilines is 1. The lowest BCUT2D eigenvalue weighted by molar-refractivity contribution is -0.124. The Morgan fingerprint density at radius 1 is 1.00 bits per heavy atom. The van der Waals surface area contributed by atoms with Crippen molar-refractivity contribution in [3.63, 3.8) is 0 Å². The first-order chi connectivity index (χ1) is 16.7. The summed E-state index contributed by atoms with van der Waals surface area (Å²) in [6.45, 7) is 5.35. The van der Waals surface area contributed by atoms with Crippen LogP contribution in [-0.2, 0) is 27.7 Å². The monoisotopic (exact) mass is 497 g/mol. The lowest BCUT2D eigenvalue weighted by Gasteiger charge is -2.24. The van der Waals surface area contributed by atoms with Gasteiger partial charge in [0, 0.05) is 24.3 Å². The Morgan fingerprint density at radius 3 is 2.43 bits per heavy atom. The molecule has 2 aliphatic rings. The van der Waals surface area contributed by atoms with Gasteiger partial charge in [-0.3, -0.25) is 14.3 Å². The molecule has 0 bridgehead atoms. The first kappa shape index (κ1) is 25.2. The molecule has 2 aromatic rings. The van der Waals surface area contributed by atoms with Gasteiger partial charge in [0.05, 0.1) is 4.90 Å². The van der Waals surface area contributed by atoms with Gasteiger partial charge >= 0.3 is 0 Å². The fraction of sp³-hybridized carbons (Fsp3) is 0.481. The predicted octanol–water partition coefficient (Wildman–Crippen LogP) is 4.13. The van der Waals surface area contributed by atoms with Gasteiger partial charge in [0.2, 0.25) is 5.91 Å². The van der Waals surface area contributed by atoms with Gasteiger partial charge in [-0.05, 0) is 98.4 Å². The number of hydrogen-bond donors (Lipinski definition) is 2. The first-order valence-electron chi connectivity index (χ1n) is 12.6. The lowest BCUT2D eigenvalue weighted by atomic mass is 9.92. The van der Waals surface area contributed by atoms with E-state index in [4.69, 9.17) is 0 Å². The zero-order valence-corrected chi connectivity index (χ0v) is 21.4. The maximum absolute atomic E-state index is 13.1. The average molecular weight is 498 g/mol. The number of benzene rings is 2. The second kappa shape index (κ2) is 10.8. The van der Waals surface area contributed by atoms with Crippen LogP contribution in [0.15, 0.2) is 47.4 Å². The standard InChI is InChI=1S/C27H35N3O4S/c1-19(2)15-16-28-26(31)25-8-5-17-30(25)27(32)21-9-12-23(13-10-21)29-35(33,34)24-14-11-20-6-3-4-7-22(20)18-24/h9-14,18-19,25,29H,3-8,15-17H2,1-2H3,(H,28,31). The van der Waals surface area contributed by atoms with Crippen molar-refractivity contribution in [2.75, 3.05) is 17.8 Å². The van der Waals surface area contributed by atoms with Gasteiger partial charge in [0.15, 0.2) is 0 Å². The fourth-order valence-electron chi connectivity index (χ4n) is 4.82. The van der Waals surface area contributed by atoms with Gasteiger partial charge in [-0.25, -0.2) is 8.42 Å². The van der Waals surface area contributed by atoms with E-state index in [0.717, 1.165) is 44.1 Å². The molecule has 188 valence electrons. The first-order valence-corrected chi connectivity index (χ1v) is 14.1. The molecule has 0 spiro atoms. The van der Waals surface area contributed by atoms with Crippen LogP contribution in [0, 0.1) is 5.92 Å². The molecular weight excluding hydrogens is 462 g/mol. The highest BCUT2D eigenvalue weighted by Crippen LogP contribution is 2.26. The minimum atomic E-state index is -3.73. The summed E-state index contributed by atoms with van der Waals surface area (Å²) in [6.07, 6.45) is 6.46. The third kappa shape index (κ3) is 6.04. The van der Waals surface area contributed by atoms with E-state index in [1.54, 1.807) is 41.3 Å². The predicted molar refractivity (Wildman–Crippen MR) is 137 cm³/mol. The smallest absolute Gasteiger partial charge is 0.261 e. The summed E-state index contributed by atoms with van der Waals surface area (Å²) in [5.41, 5.74) is 3.16. The number of amides is 2. The molecule has 8 heteroatoms. The van der Waals surface area contributed by atoms with E-state index in [1.165, 1.54) is 5.56 Å². The van der Waals surface area contributed by atoms with E-state index in [-0.39, 0.29) is 16.7 Å². The Labute approximate surface area is 208 Å². The van der Waals surface area contributed by atoms with Crippen molar-refractivity contribution in [3.05, 3.63) is 59.2 Å². The second-order valence-corrected chi connectivity index (χ2v) is 11.6. The second-order valence-electron chi connectivity index (χ2n) is 9.95. The van der Waals surface area contributed by atoms with E-state index in [1.807, 2.05) is 6.07 Å². The quantitative estimate of drug-likeness (QED) is 0.573. The van der Waals surface area contributed by atoms with Gasteiger partial charge in [0.25, 0.3) is 15.9 Å². The molecule has 2 N–H and O–H groups in total. The van der Waals surface area contributed by atoms with E-state index in [0.29, 0.717) is 36.7 Å². The van der Waals surface area contributed by atoms with Crippen LogP contribution in [0.3, 0.4) is 0 Å². The molecule has 0 saturated carbocycles. The minimum absolute atomic E-state index is 0.106. The summed E-state index contributed by atoms with van der Waals surface area (Å²) in [7, 11) is -3.73. The van der Waals surface area contributed by atoms with Crippen molar-refractivity contribution in [2.45, 2.75) is 69.7 Å². The highest BCUT2D eigenvalue weighted by molar-refractivity contribution is 7.92. The van der Waals surface area contributed by atoms with Crippen molar-refractivity contribution < 1.29 is 18.0 Å². The largest absolute Gasteiger partial charge is 0.354 e. The van der Waals surface area contributed by atoms with Crippen molar-refractivity contribution in [2.24, 2.45) is 5.92 Å². The lowest BCUT2D eigenvalue weighted by Crippen LogP contribution is -2.46. The summed E-state index contributed by atoms with van der Waals surface area (Å²) < 4.78 is 28.5. The Morgan fingerprint density at radius 2 is 1.71 bits per heavy atom. The molecule has 4 rings (SSSR count). The van der Waals surface area contributed by atoms with Crippen LogP contribution >= 0.6 is 0 Å². The molecule has 1 fully saturated rings. The van der Waals surface area contributed by atoms with Crippen molar-refractivity contribution in [1.82, 2.24) is 10.2 Å². The van der Waals surface area contributed by atoms with Crippen LogP contribution < -0.4 is 10.0 Å². The Hall–Kier alpha value is -2.87. The molecule has 2 aromatic carbocycles. The molecule has 1 aliphatic carbocycles. The van der Waals surface area contributed by atoms with Crippen molar-refractivity contribution >= 4 is 27.5 Å². The highest BCUT2D eigenvalue weighted by Gasteiger charge is 2.34. The van der Waals surface area contributed by atoms with Gasteiger partial charge in [-0.15, -0.1) is 0 Å². The van der Waals surface area contributed by atoms with Crippen LogP contribution in [0.25, 0.3) is 0 Å². The SMILES string of the molecule is CC(C)CCNC(=O)C1CCCN1C(=O)c1ccc(NS(=O)(=O)c2ccc3c(c2)CCCC3)cc1. The number of carbonyl (C=O) groups is 2. The zero-order chi connectivity index (χ0) is 25.0. The third-order valence-corrected chi connectivity index (χ3v) is 8.23. The Kier molecular flexibility index (Phi) is 7.79. The minimum Gasteiger partial charge on any atom is -0.354 e. The average Bonchev–Trinajstić information content (AvgIpc) is 3.33.